The smallest absolute Gasteiger partial charge is 0.413 e. The fourth-order valence-corrected chi connectivity index (χ4v) is 6.16. The number of β-lactam (4-membered cyclic amide) rings is 1. The van der Waals surface area contributed by atoms with E-state index in [0.717, 1.165) is 16.2 Å². The molecule has 0 saturated carbocycles. The second-order valence-corrected chi connectivity index (χ2v) is 12.3. The molecule has 0 spiro atoms. The minimum atomic E-state index is -1.31. The fraction of sp³-hybridized carbons (Fsp3) is 0.440. The number of anilines is 1. The number of nitrogens with zero attached hydrogens (tertiary/aromatic N) is 4. The molecule has 0 radical (unpaired) electrons. The number of hydrogen-bond donors (Lipinski definition) is 3. The molecule has 3 heterocycles. The number of fused-ring (bicyclic) bond motifs is 1. The van der Waals surface area contributed by atoms with E-state index in [2.05, 4.69) is 20.8 Å². The van der Waals surface area contributed by atoms with E-state index in [4.69, 9.17) is 14.3 Å². The molecule has 43 heavy (non-hydrogen) atoms. The van der Waals surface area contributed by atoms with Gasteiger partial charge in [0.2, 0.25) is 5.91 Å². The Labute approximate surface area is 252 Å². The number of aromatic nitrogens is 1. The van der Waals surface area contributed by atoms with Crippen LogP contribution in [0, 0.1) is 10.1 Å². The molecule has 18 heteroatoms. The van der Waals surface area contributed by atoms with Crippen LogP contribution in [-0.2, 0) is 35.3 Å². The van der Waals surface area contributed by atoms with E-state index in [1.165, 1.54) is 48.5 Å². The van der Waals surface area contributed by atoms with Crippen molar-refractivity contribution in [2.45, 2.75) is 56.5 Å². The SMILES string of the molecule is CON=C(C(=O)N[C@@H]1C(=O)N2C(C(=O)OCc3ccc([N+](=O)[O-])cc3)C(O)CS[C@H]12)c1csc(NC(=O)OC(C)(C)C)n1. The minimum Gasteiger partial charge on any atom is -0.459 e. The second-order valence-electron chi connectivity index (χ2n) is 10.3. The first-order chi connectivity index (χ1) is 20.3. The van der Waals surface area contributed by atoms with Crippen LogP contribution in [0.5, 0.6) is 0 Å². The summed E-state index contributed by atoms with van der Waals surface area (Å²) in [6.07, 6.45) is -1.96. The Morgan fingerprint density at radius 2 is 1.95 bits per heavy atom. The summed E-state index contributed by atoms with van der Waals surface area (Å²) < 4.78 is 10.5. The number of rotatable bonds is 9. The summed E-state index contributed by atoms with van der Waals surface area (Å²) in [5.74, 6) is -2.19. The molecule has 2 aromatic rings. The highest BCUT2D eigenvalue weighted by atomic mass is 32.2. The van der Waals surface area contributed by atoms with Gasteiger partial charge in [0.15, 0.2) is 16.9 Å². The van der Waals surface area contributed by atoms with E-state index < -0.39 is 58.0 Å². The van der Waals surface area contributed by atoms with Crippen LogP contribution in [-0.4, -0.2) is 91.5 Å². The quantitative estimate of drug-likeness (QED) is 0.118. The van der Waals surface area contributed by atoms with Crippen LogP contribution in [0.1, 0.15) is 32.0 Å². The molecule has 3 N–H and O–H groups in total. The predicted octanol–water partition coefficient (Wildman–Crippen LogP) is 1.62. The summed E-state index contributed by atoms with van der Waals surface area (Å²) in [5, 5.41) is 31.0. The molecule has 16 nitrogen and oxygen atoms in total. The number of benzene rings is 1. The monoisotopic (exact) mass is 636 g/mol. The molecule has 2 fully saturated rings. The third-order valence-electron chi connectivity index (χ3n) is 5.99. The maximum atomic E-state index is 13.1. The van der Waals surface area contributed by atoms with Crippen molar-refractivity contribution in [1.82, 2.24) is 15.2 Å². The number of non-ortho nitro benzene ring substituents is 1. The van der Waals surface area contributed by atoms with Gasteiger partial charge in [-0.15, -0.1) is 23.1 Å². The van der Waals surface area contributed by atoms with Crippen LogP contribution < -0.4 is 10.6 Å². The Kier molecular flexibility index (Phi) is 9.51. The molecule has 1 aromatic heterocycles. The summed E-state index contributed by atoms with van der Waals surface area (Å²) in [6, 6.07) is 3.04. The van der Waals surface area contributed by atoms with E-state index in [9.17, 15) is 34.4 Å². The highest BCUT2D eigenvalue weighted by Crippen LogP contribution is 2.38. The Balaban J connectivity index is 1.39. The molecule has 230 valence electrons. The zero-order valence-electron chi connectivity index (χ0n) is 23.3. The minimum absolute atomic E-state index is 0.0680. The number of aliphatic hydroxyl groups excluding tert-OH is 1. The van der Waals surface area contributed by atoms with Gasteiger partial charge in [0.05, 0.1) is 11.0 Å². The van der Waals surface area contributed by atoms with E-state index in [-0.39, 0.29) is 34.6 Å². The van der Waals surface area contributed by atoms with Crippen molar-refractivity contribution in [2.75, 3.05) is 18.2 Å². The number of oxime groups is 1. The average molecular weight is 637 g/mol. The van der Waals surface area contributed by atoms with Gasteiger partial charge in [-0.3, -0.25) is 25.0 Å². The number of carbonyl (C=O) groups excluding carboxylic acids is 4. The van der Waals surface area contributed by atoms with Gasteiger partial charge < -0.3 is 29.6 Å². The third-order valence-corrected chi connectivity index (χ3v) is 8.12. The van der Waals surface area contributed by atoms with Gasteiger partial charge in [-0.2, -0.15) is 0 Å². The number of hydrogen-bond acceptors (Lipinski definition) is 14. The molecule has 2 saturated heterocycles. The first kappa shape index (κ1) is 31.6. The highest BCUT2D eigenvalue weighted by molar-refractivity contribution is 8.00. The number of thioether (sulfide) groups is 1. The topological polar surface area (TPSA) is 212 Å². The van der Waals surface area contributed by atoms with E-state index in [1.807, 2.05) is 0 Å². The molecule has 4 atom stereocenters. The number of carbonyl (C=O) groups is 4. The predicted molar refractivity (Wildman–Crippen MR) is 153 cm³/mol. The van der Waals surface area contributed by atoms with Gasteiger partial charge >= 0.3 is 12.1 Å². The third kappa shape index (κ3) is 7.38. The van der Waals surface area contributed by atoms with Gasteiger partial charge in [-0.25, -0.2) is 14.6 Å². The molecule has 0 bridgehead atoms. The standard InChI is InChI=1S/C25H28N6O10S2/c1-25(2,3)41-24(36)28-23-26-14(10-43-23)16(29-39-4)19(33)27-17-20(34)30-18(15(32)11-42-21(17)30)22(35)40-9-12-5-7-13(8-6-12)31(37)38/h5-8,10,15,17-18,21,32H,9,11H2,1-4H3,(H,27,33)(H,26,28,36)/t15?,17-,18?,21-/m1/s1. The van der Waals surface area contributed by atoms with Crippen molar-refractivity contribution in [3.05, 3.63) is 51.0 Å². The molecule has 0 aliphatic carbocycles. The van der Waals surface area contributed by atoms with Crippen LogP contribution in [0.15, 0.2) is 34.8 Å². The van der Waals surface area contributed by atoms with Crippen LogP contribution in [0.2, 0.25) is 0 Å². The zero-order chi connectivity index (χ0) is 31.5. The lowest BCUT2D eigenvalue weighted by atomic mass is 9.99. The van der Waals surface area contributed by atoms with Gasteiger partial charge in [-0.1, -0.05) is 5.16 Å². The summed E-state index contributed by atoms with van der Waals surface area (Å²) >= 11 is 2.19. The van der Waals surface area contributed by atoms with Crippen molar-refractivity contribution in [2.24, 2.45) is 5.16 Å². The first-order valence-corrected chi connectivity index (χ1v) is 14.6. The number of amides is 3. The number of thiazole rings is 1. The van der Waals surface area contributed by atoms with Gasteiger partial charge in [0, 0.05) is 23.3 Å². The average Bonchev–Trinajstić information content (AvgIpc) is 3.39. The maximum absolute atomic E-state index is 13.1. The molecule has 1 aromatic carbocycles. The number of nitro groups is 1. The summed E-state index contributed by atoms with van der Waals surface area (Å²) in [5.41, 5.74) is -0.568. The van der Waals surface area contributed by atoms with Crippen molar-refractivity contribution in [3.8, 4) is 0 Å². The number of nitrogens with one attached hydrogen (secondary N) is 2. The number of ether oxygens (including phenoxy) is 2. The largest absolute Gasteiger partial charge is 0.459 e. The summed E-state index contributed by atoms with van der Waals surface area (Å²) in [4.78, 5) is 71.6. The van der Waals surface area contributed by atoms with Gasteiger partial charge in [-0.05, 0) is 38.5 Å². The molecular formula is C25H28N6O10S2. The lowest BCUT2D eigenvalue weighted by molar-refractivity contribution is -0.384. The number of aliphatic hydroxyl groups is 1. The normalized spacial score (nSPS) is 21.7. The van der Waals surface area contributed by atoms with Crippen molar-refractivity contribution in [1.29, 1.82) is 0 Å². The van der Waals surface area contributed by atoms with Crippen molar-refractivity contribution < 1.29 is 43.5 Å². The number of nitro benzene ring substituents is 1. The van der Waals surface area contributed by atoms with E-state index in [0.29, 0.717) is 5.56 Å². The van der Waals surface area contributed by atoms with Crippen LogP contribution in [0.3, 0.4) is 0 Å². The molecule has 2 unspecified atom stereocenters. The lowest BCUT2D eigenvalue weighted by Crippen LogP contribution is -2.77. The molecule has 2 aliphatic heterocycles. The molecule has 4 rings (SSSR count). The summed E-state index contributed by atoms with van der Waals surface area (Å²) in [6.45, 7) is 4.88. The van der Waals surface area contributed by atoms with Gasteiger partial charge in [0.25, 0.3) is 11.6 Å². The van der Waals surface area contributed by atoms with Crippen LogP contribution in [0.25, 0.3) is 0 Å². The second kappa shape index (κ2) is 12.9. The Morgan fingerprint density at radius 3 is 2.58 bits per heavy atom. The fourth-order valence-electron chi connectivity index (χ4n) is 4.13. The van der Waals surface area contributed by atoms with E-state index in [1.54, 1.807) is 20.8 Å². The Hall–Kier alpha value is -4.29. The zero-order valence-corrected chi connectivity index (χ0v) is 25.0. The molecular weight excluding hydrogens is 608 g/mol. The molecule has 3 amide bonds. The first-order valence-electron chi connectivity index (χ1n) is 12.7. The maximum Gasteiger partial charge on any atom is 0.413 e. The van der Waals surface area contributed by atoms with Crippen molar-refractivity contribution >= 4 is 63.5 Å². The van der Waals surface area contributed by atoms with Gasteiger partial charge in [0.1, 0.15) is 36.4 Å². The Morgan fingerprint density at radius 1 is 1.26 bits per heavy atom. The van der Waals surface area contributed by atoms with Crippen LogP contribution >= 0.6 is 23.1 Å². The van der Waals surface area contributed by atoms with Crippen molar-refractivity contribution in [3.63, 3.8) is 0 Å². The van der Waals surface area contributed by atoms with Crippen LogP contribution in [0.4, 0.5) is 15.6 Å². The Bertz CT molecular complexity index is 1440. The van der Waals surface area contributed by atoms with E-state index >= 15 is 0 Å². The highest BCUT2D eigenvalue weighted by Gasteiger charge is 2.58. The molecule has 2 aliphatic rings. The number of esters is 1. The lowest BCUT2D eigenvalue weighted by Gasteiger charge is -2.53. The summed E-state index contributed by atoms with van der Waals surface area (Å²) in [7, 11) is 1.22.